The fraction of sp³-hybridized carbons (Fsp3) is 0.909. The number of carbonyl (C=O) groups is 1. The molecule has 3 heteroatoms. The summed E-state index contributed by atoms with van der Waals surface area (Å²) in [5, 5.41) is 10.8. The lowest BCUT2D eigenvalue weighted by Crippen LogP contribution is -2.50. The third kappa shape index (κ3) is 2.27. The molecule has 0 heterocycles. The van der Waals surface area contributed by atoms with Crippen molar-refractivity contribution in [3.8, 4) is 0 Å². The van der Waals surface area contributed by atoms with Crippen molar-refractivity contribution < 1.29 is 10.0 Å². The first-order valence-electron chi connectivity index (χ1n) is 5.62. The summed E-state index contributed by atoms with van der Waals surface area (Å²) in [6.45, 7) is 3.54. The molecule has 0 bridgehead atoms. The number of carbonyl (C=O) groups excluding carboxylic acids is 1. The van der Waals surface area contributed by atoms with Crippen molar-refractivity contribution in [2.24, 2.45) is 0 Å². The molecule has 14 heavy (non-hydrogen) atoms. The molecule has 0 aromatic carbocycles. The number of amides is 1. The van der Waals surface area contributed by atoms with Crippen LogP contribution in [0.5, 0.6) is 0 Å². The molecule has 0 atom stereocenters. The minimum Gasteiger partial charge on any atom is -0.285 e. The first-order chi connectivity index (χ1) is 6.62. The van der Waals surface area contributed by atoms with Gasteiger partial charge in [-0.2, -0.15) is 0 Å². The lowest BCUT2D eigenvalue weighted by molar-refractivity contribution is -0.199. The second kappa shape index (κ2) is 4.78. The average molecular weight is 199 g/mol. The largest absolute Gasteiger partial charge is 0.285 e. The van der Waals surface area contributed by atoms with Crippen LogP contribution in [-0.2, 0) is 4.79 Å². The van der Waals surface area contributed by atoms with Gasteiger partial charge in [0, 0.05) is 6.92 Å². The summed E-state index contributed by atoms with van der Waals surface area (Å²) in [5.41, 5.74) is -0.251. The average Bonchev–Trinajstić information content (AvgIpc) is 2.18. The number of hydroxylamine groups is 2. The van der Waals surface area contributed by atoms with E-state index in [9.17, 15) is 10.0 Å². The maximum absolute atomic E-state index is 11.2. The smallest absolute Gasteiger partial charge is 0.243 e. The van der Waals surface area contributed by atoms with Crippen LogP contribution in [0.25, 0.3) is 0 Å². The number of hydrogen-bond acceptors (Lipinski definition) is 2. The van der Waals surface area contributed by atoms with Crippen molar-refractivity contribution in [3.63, 3.8) is 0 Å². The maximum Gasteiger partial charge on any atom is 0.243 e. The van der Waals surface area contributed by atoms with Gasteiger partial charge in [-0.05, 0) is 19.3 Å². The Hall–Kier alpha value is -0.570. The van der Waals surface area contributed by atoms with Crippen molar-refractivity contribution in [2.45, 2.75) is 64.3 Å². The predicted octanol–water partition coefficient (Wildman–Crippen LogP) is 2.73. The van der Waals surface area contributed by atoms with E-state index >= 15 is 0 Å². The highest BCUT2D eigenvalue weighted by molar-refractivity contribution is 5.72. The molecule has 1 rings (SSSR count). The molecule has 1 saturated carbocycles. The van der Waals surface area contributed by atoms with E-state index < -0.39 is 0 Å². The lowest BCUT2D eigenvalue weighted by atomic mass is 9.78. The third-order valence-electron chi connectivity index (χ3n) is 3.25. The molecule has 1 amide bonds. The molecular weight excluding hydrogens is 178 g/mol. The maximum atomic E-state index is 11.2. The van der Waals surface area contributed by atoms with Gasteiger partial charge in [-0.3, -0.25) is 10.0 Å². The Morgan fingerprint density at radius 1 is 1.36 bits per heavy atom. The Balaban J connectivity index is 2.73. The van der Waals surface area contributed by atoms with Crippen LogP contribution < -0.4 is 0 Å². The summed E-state index contributed by atoms with van der Waals surface area (Å²) in [6.07, 6.45) is 7.34. The van der Waals surface area contributed by atoms with Crippen LogP contribution >= 0.6 is 0 Å². The van der Waals surface area contributed by atoms with Gasteiger partial charge < -0.3 is 0 Å². The first-order valence-corrected chi connectivity index (χ1v) is 5.62. The van der Waals surface area contributed by atoms with Gasteiger partial charge >= 0.3 is 0 Å². The van der Waals surface area contributed by atoms with E-state index in [1.165, 1.54) is 13.3 Å². The monoisotopic (exact) mass is 199 g/mol. The summed E-state index contributed by atoms with van der Waals surface area (Å²) in [7, 11) is 0. The van der Waals surface area contributed by atoms with Crippen molar-refractivity contribution in [3.05, 3.63) is 0 Å². The van der Waals surface area contributed by atoms with E-state index in [1.54, 1.807) is 0 Å². The van der Waals surface area contributed by atoms with Gasteiger partial charge in [-0.1, -0.05) is 32.6 Å². The summed E-state index contributed by atoms with van der Waals surface area (Å²) < 4.78 is 0. The molecule has 3 nitrogen and oxygen atoms in total. The molecule has 0 unspecified atom stereocenters. The Morgan fingerprint density at radius 2 is 1.93 bits per heavy atom. The first kappa shape index (κ1) is 11.5. The van der Waals surface area contributed by atoms with Crippen molar-refractivity contribution >= 4 is 5.91 Å². The van der Waals surface area contributed by atoms with Gasteiger partial charge in [0.05, 0.1) is 5.54 Å². The number of hydrogen-bond donors (Lipinski definition) is 1. The summed E-state index contributed by atoms with van der Waals surface area (Å²) >= 11 is 0. The normalized spacial score (nSPS) is 20.5. The molecule has 1 N–H and O–H groups in total. The zero-order valence-electron chi connectivity index (χ0n) is 9.25. The van der Waals surface area contributed by atoms with E-state index in [0.29, 0.717) is 0 Å². The van der Waals surface area contributed by atoms with Gasteiger partial charge in [0.1, 0.15) is 0 Å². The molecule has 1 aliphatic carbocycles. The molecule has 1 fully saturated rings. The molecule has 0 radical (unpaired) electrons. The van der Waals surface area contributed by atoms with Crippen molar-refractivity contribution in [1.82, 2.24) is 5.06 Å². The Morgan fingerprint density at radius 3 is 2.36 bits per heavy atom. The third-order valence-corrected chi connectivity index (χ3v) is 3.25. The van der Waals surface area contributed by atoms with Gasteiger partial charge in [-0.25, -0.2) is 5.06 Å². The molecule has 82 valence electrons. The van der Waals surface area contributed by atoms with Crippen molar-refractivity contribution in [1.29, 1.82) is 0 Å². The Kier molecular flexibility index (Phi) is 3.93. The zero-order valence-corrected chi connectivity index (χ0v) is 9.25. The van der Waals surface area contributed by atoms with E-state index in [-0.39, 0.29) is 11.4 Å². The lowest BCUT2D eigenvalue weighted by Gasteiger charge is -2.42. The highest BCUT2D eigenvalue weighted by atomic mass is 16.5. The zero-order chi connectivity index (χ0) is 10.6. The van der Waals surface area contributed by atoms with E-state index in [1.807, 2.05) is 0 Å². The van der Waals surface area contributed by atoms with Gasteiger partial charge in [0.2, 0.25) is 5.91 Å². The highest BCUT2D eigenvalue weighted by Gasteiger charge is 2.38. The van der Waals surface area contributed by atoms with Crippen LogP contribution in [0.1, 0.15) is 58.8 Å². The molecular formula is C11H21NO2. The quantitative estimate of drug-likeness (QED) is 0.561. The van der Waals surface area contributed by atoms with E-state index in [0.717, 1.165) is 43.6 Å². The summed E-state index contributed by atoms with van der Waals surface area (Å²) in [4.78, 5) is 11.2. The molecule has 0 spiro atoms. The second-order valence-electron chi connectivity index (χ2n) is 4.37. The fourth-order valence-corrected chi connectivity index (χ4v) is 2.58. The van der Waals surface area contributed by atoms with Crippen LogP contribution in [0.3, 0.4) is 0 Å². The Labute approximate surface area is 86.1 Å². The van der Waals surface area contributed by atoms with E-state index in [4.69, 9.17) is 0 Å². The molecule has 0 aromatic rings. The van der Waals surface area contributed by atoms with Gasteiger partial charge in [-0.15, -0.1) is 0 Å². The number of rotatable bonds is 3. The molecule has 0 saturated heterocycles. The summed E-state index contributed by atoms with van der Waals surface area (Å²) in [6, 6.07) is 0. The highest BCUT2D eigenvalue weighted by Crippen LogP contribution is 2.36. The standard InChI is InChI=1S/C11H21NO2/c1-3-7-11(12(14)10(2)13)8-5-4-6-9-11/h14H,3-9H2,1-2H3. The SMILES string of the molecule is CCCC1(N(O)C(C)=O)CCCCC1. The fourth-order valence-electron chi connectivity index (χ4n) is 2.58. The number of nitrogens with zero attached hydrogens (tertiary/aromatic N) is 1. The van der Waals surface area contributed by atoms with Crippen LogP contribution in [0.4, 0.5) is 0 Å². The van der Waals surface area contributed by atoms with Crippen LogP contribution in [0.2, 0.25) is 0 Å². The van der Waals surface area contributed by atoms with Crippen molar-refractivity contribution in [2.75, 3.05) is 0 Å². The molecule has 0 aliphatic heterocycles. The molecule has 0 aromatic heterocycles. The van der Waals surface area contributed by atoms with Crippen LogP contribution in [0.15, 0.2) is 0 Å². The summed E-state index contributed by atoms with van der Waals surface area (Å²) in [5.74, 6) is -0.222. The predicted molar refractivity (Wildman–Crippen MR) is 55.0 cm³/mol. The molecule has 1 aliphatic rings. The minimum absolute atomic E-state index is 0.222. The van der Waals surface area contributed by atoms with Crippen LogP contribution in [-0.4, -0.2) is 21.7 Å². The van der Waals surface area contributed by atoms with Gasteiger partial charge in [0.15, 0.2) is 0 Å². The second-order valence-corrected chi connectivity index (χ2v) is 4.37. The van der Waals surface area contributed by atoms with Gasteiger partial charge in [0.25, 0.3) is 0 Å². The minimum atomic E-state index is -0.251. The Bertz CT molecular complexity index is 192. The van der Waals surface area contributed by atoms with Crippen LogP contribution in [0, 0.1) is 0 Å². The topological polar surface area (TPSA) is 40.5 Å². The van der Waals surface area contributed by atoms with E-state index in [2.05, 4.69) is 6.92 Å².